The SMILES string of the molecule is CC/C=C\C/C=C\C/C=C\CCCCCCCCCC(=O)OC(COC(=O)CCCCCCCCCCC)COC(=O)CCCCCCCCCCCCCCCCCCCC/C=C\C/C=C\C/C=C\CCCCCCC. The van der Waals surface area contributed by atoms with Crippen LogP contribution in [0.25, 0.3) is 0 Å². The second kappa shape index (κ2) is 65.4. The van der Waals surface area contributed by atoms with Crippen molar-refractivity contribution in [2.75, 3.05) is 13.2 Å². The van der Waals surface area contributed by atoms with Crippen molar-refractivity contribution in [3.05, 3.63) is 72.9 Å². The normalized spacial score (nSPS) is 12.5. The molecule has 0 spiro atoms. The highest BCUT2D eigenvalue weighted by atomic mass is 16.6. The van der Waals surface area contributed by atoms with Crippen molar-refractivity contribution in [2.45, 2.75) is 348 Å². The molecule has 0 aromatic heterocycles. The van der Waals surface area contributed by atoms with Crippen LogP contribution in [0.15, 0.2) is 72.9 Å². The first-order chi connectivity index (χ1) is 38.0. The fraction of sp³-hybridized carbons (Fsp3) is 0.789. The summed E-state index contributed by atoms with van der Waals surface area (Å²) in [6.45, 7) is 6.53. The van der Waals surface area contributed by atoms with E-state index in [1.807, 2.05) is 0 Å². The molecule has 0 N–H and O–H groups in total. The van der Waals surface area contributed by atoms with E-state index in [1.54, 1.807) is 0 Å². The van der Waals surface area contributed by atoms with Gasteiger partial charge in [-0.05, 0) is 89.9 Å². The molecule has 0 aromatic rings. The first-order valence-electron chi connectivity index (χ1n) is 33.4. The van der Waals surface area contributed by atoms with Crippen molar-refractivity contribution in [2.24, 2.45) is 0 Å². The molecule has 1 unspecified atom stereocenters. The molecule has 0 aliphatic rings. The summed E-state index contributed by atoms with van der Waals surface area (Å²) < 4.78 is 16.9. The molecule has 0 aliphatic carbocycles. The lowest BCUT2D eigenvalue weighted by molar-refractivity contribution is -0.167. The molecule has 1 atom stereocenters. The topological polar surface area (TPSA) is 78.9 Å². The third-order valence-electron chi connectivity index (χ3n) is 14.7. The number of unbranched alkanes of at least 4 members (excludes halogenated alkanes) is 38. The van der Waals surface area contributed by atoms with Crippen LogP contribution in [0.3, 0.4) is 0 Å². The van der Waals surface area contributed by atoms with Gasteiger partial charge in [-0.25, -0.2) is 0 Å². The van der Waals surface area contributed by atoms with Gasteiger partial charge in [0, 0.05) is 19.3 Å². The van der Waals surface area contributed by atoms with E-state index in [2.05, 4.69) is 93.7 Å². The molecule has 0 saturated heterocycles. The first-order valence-corrected chi connectivity index (χ1v) is 33.4. The van der Waals surface area contributed by atoms with E-state index in [0.717, 1.165) is 96.3 Å². The van der Waals surface area contributed by atoms with E-state index in [1.165, 1.54) is 205 Å². The van der Waals surface area contributed by atoms with Crippen molar-refractivity contribution < 1.29 is 28.6 Å². The zero-order valence-corrected chi connectivity index (χ0v) is 51.2. The quantitative estimate of drug-likeness (QED) is 0.0261. The van der Waals surface area contributed by atoms with Crippen LogP contribution in [0.2, 0.25) is 0 Å². The van der Waals surface area contributed by atoms with Crippen molar-refractivity contribution in [1.29, 1.82) is 0 Å². The molecule has 0 bridgehead atoms. The molecular formula is C71H126O6. The number of ether oxygens (including phenoxy) is 3. The third kappa shape index (κ3) is 63.6. The average Bonchev–Trinajstić information content (AvgIpc) is 3.43. The second-order valence-corrected chi connectivity index (χ2v) is 22.4. The lowest BCUT2D eigenvalue weighted by atomic mass is 10.0. The zero-order chi connectivity index (χ0) is 55.7. The number of rotatable bonds is 61. The lowest BCUT2D eigenvalue weighted by Gasteiger charge is -2.18. The van der Waals surface area contributed by atoms with E-state index in [4.69, 9.17) is 14.2 Å². The van der Waals surface area contributed by atoms with Gasteiger partial charge in [-0.1, -0.05) is 306 Å². The number of carbonyl (C=O) groups is 3. The van der Waals surface area contributed by atoms with Crippen LogP contribution in [0.1, 0.15) is 342 Å². The molecule has 77 heavy (non-hydrogen) atoms. The van der Waals surface area contributed by atoms with Gasteiger partial charge in [-0.3, -0.25) is 14.4 Å². The van der Waals surface area contributed by atoms with Crippen molar-refractivity contribution >= 4 is 17.9 Å². The summed E-state index contributed by atoms with van der Waals surface area (Å²) >= 11 is 0. The van der Waals surface area contributed by atoms with Crippen molar-refractivity contribution in [3.63, 3.8) is 0 Å². The Morgan fingerprint density at radius 3 is 0.792 bits per heavy atom. The van der Waals surface area contributed by atoms with E-state index >= 15 is 0 Å². The minimum atomic E-state index is -0.777. The third-order valence-corrected chi connectivity index (χ3v) is 14.7. The molecule has 0 rings (SSSR count). The van der Waals surface area contributed by atoms with Gasteiger partial charge < -0.3 is 14.2 Å². The Balaban J connectivity index is 4.07. The minimum absolute atomic E-state index is 0.0754. The molecule has 6 nitrogen and oxygen atoms in total. The Bertz CT molecular complexity index is 1420. The summed E-state index contributed by atoms with van der Waals surface area (Å²) in [5, 5.41) is 0. The zero-order valence-electron chi connectivity index (χ0n) is 51.2. The van der Waals surface area contributed by atoms with E-state index in [9.17, 15) is 14.4 Å². The molecule has 0 aliphatic heterocycles. The summed E-state index contributed by atoms with van der Waals surface area (Å²) in [4.78, 5) is 38.2. The van der Waals surface area contributed by atoms with Gasteiger partial charge in [-0.2, -0.15) is 0 Å². The molecule has 6 heteroatoms. The maximum Gasteiger partial charge on any atom is 0.306 e. The Morgan fingerprint density at radius 1 is 0.273 bits per heavy atom. The Labute approximate surface area is 478 Å². The molecule has 0 heterocycles. The highest BCUT2D eigenvalue weighted by molar-refractivity contribution is 5.71. The number of allylic oxidation sites excluding steroid dienone is 12. The van der Waals surface area contributed by atoms with Gasteiger partial charge in [0.25, 0.3) is 0 Å². The van der Waals surface area contributed by atoms with E-state index in [-0.39, 0.29) is 31.1 Å². The molecule has 0 aromatic carbocycles. The molecule has 0 fully saturated rings. The second-order valence-electron chi connectivity index (χ2n) is 22.4. The van der Waals surface area contributed by atoms with Gasteiger partial charge in [0.1, 0.15) is 13.2 Å². The van der Waals surface area contributed by atoms with Crippen LogP contribution in [-0.2, 0) is 28.6 Å². The number of esters is 3. The fourth-order valence-corrected chi connectivity index (χ4v) is 9.70. The van der Waals surface area contributed by atoms with E-state index in [0.29, 0.717) is 19.3 Å². The van der Waals surface area contributed by atoms with Crippen LogP contribution in [-0.4, -0.2) is 37.2 Å². The lowest BCUT2D eigenvalue weighted by Crippen LogP contribution is -2.30. The summed E-state index contributed by atoms with van der Waals surface area (Å²) in [7, 11) is 0. The molecular weight excluding hydrogens is 949 g/mol. The van der Waals surface area contributed by atoms with Crippen LogP contribution >= 0.6 is 0 Å². The molecule has 0 amide bonds. The largest absolute Gasteiger partial charge is 0.462 e. The maximum atomic E-state index is 12.9. The van der Waals surface area contributed by atoms with Crippen LogP contribution in [0.5, 0.6) is 0 Å². The Kier molecular flexibility index (Phi) is 62.7. The van der Waals surface area contributed by atoms with Crippen LogP contribution in [0, 0.1) is 0 Å². The summed E-state index contributed by atoms with van der Waals surface area (Å²) in [5.41, 5.74) is 0. The van der Waals surface area contributed by atoms with Gasteiger partial charge in [0.05, 0.1) is 0 Å². The van der Waals surface area contributed by atoms with Gasteiger partial charge in [0.15, 0.2) is 6.10 Å². The smallest absolute Gasteiger partial charge is 0.306 e. The first kappa shape index (κ1) is 73.8. The van der Waals surface area contributed by atoms with Gasteiger partial charge >= 0.3 is 17.9 Å². The fourth-order valence-electron chi connectivity index (χ4n) is 9.70. The minimum Gasteiger partial charge on any atom is -0.462 e. The van der Waals surface area contributed by atoms with Crippen LogP contribution < -0.4 is 0 Å². The summed E-state index contributed by atoms with van der Waals surface area (Å²) in [6.07, 6.45) is 85.1. The summed E-state index contributed by atoms with van der Waals surface area (Å²) in [5.74, 6) is -0.873. The van der Waals surface area contributed by atoms with Crippen molar-refractivity contribution in [1.82, 2.24) is 0 Å². The number of carbonyl (C=O) groups excluding carboxylic acids is 3. The Morgan fingerprint density at radius 2 is 0.506 bits per heavy atom. The van der Waals surface area contributed by atoms with Crippen molar-refractivity contribution in [3.8, 4) is 0 Å². The highest BCUT2D eigenvalue weighted by Gasteiger charge is 2.19. The predicted molar refractivity (Wildman–Crippen MR) is 335 cm³/mol. The van der Waals surface area contributed by atoms with Crippen LogP contribution in [0.4, 0.5) is 0 Å². The molecule has 0 radical (unpaired) electrons. The summed E-state index contributed by atoms with van der Waals surface area (Å²) in [6, 6.07) is 0. The Hall–Kier alpha value is -3.15. The average molecular weight is 1080 g/mol. The van der Waals surface area contributed by atoms with Gasteiger partial charge in [0.2, 0.25) is 0 Å². The van der Waals surface area contributed by atoms with E-state index < -0.39 is 6.10 Å². The maximum absolute atomic E-state index is 12.9. The number of hydrogen-bond acceptors (Lipinski definition) is 6. The standard InChI is InChI=1S/C71H126O6/c1-4-7-10-13-16-19-21-23-25-27-28-29-30-31-32-33-34-35-36-37-38-39-40-41-42-44-45-47-49-52-55-58-61-64-70(73)76-67-68(66-75-69(72)63-60-57-54-51-18-15-12-9-6-3)77-71(74)65-62-59-56-53-50-48-46-43-26-24-22-20-17-14-11-8-5-2/h8,11,17,20-21,23-24,26-28,30-31,68H,4-7,9-10,12-16,18-19,22,25,29,32-67H2,1-3H3/b11-8-,20-17-,23-21-,26-24-,28-27-,31-30-. The van der Waals surface area contributed by atoms with Gasteiger partial charge in [-0.15, -0.1) is 0 Å². The molecule has 446 valence electrons. The predicted octanol–water partition coefficient (Wildman–Crippen LogP) is 22.9. The highest BCUT2D eigenvalue weighted by Crippen LogP contribution is 2.17. The monoisotopic (exact) mass is 1070 g/mol. The molecule has 0 saturated carbocycles. The number of hydrogen-bond donors (Lipinski definition) is 0.